The maximum absolute atomic E-state index is 10.0. The largest absolute Gasteiger partial charge is 0.388 e. The van der Waals surface area contributed by atoms with E-state index in [1.807, 2.05) is 13.8 Å². The minimum atomic E-state index is -1.01. The number of nitrogens with two attached hydrogens (primary N) is 1. The van der Waals surface area contributed by atoms with Crippen molar-refractivity contribution in [3.63, 3.8) is 0 Å². The van der Waals surface area contributed by atoms with Crippen LogP contribution in [0.15, 0.2) is 29.7 Å². The summed E-state index contributed by atoms with van der Waals surface area (Å²) in [5, 5.41) is 20.0. The van der Waals surface area contributed by atoms with Crippen LogP contribution in [0.4, 0.5) is 0 Å². The van der Waals surface area contributed by atoms with Gasteiger partial charge in [-0.25, -0.2) is 4.99 Å². The summed E-state index contributed by atoms with van der Waals surface area (Å²) in [5.74, 6) is 0.843. The molecule has 2 heterocycles. The highest BCUT2D eigenvalue weighted by molar-refractivity contribution is 5.92. The molecule has 18 heavy (non-hydrogen) atoms. The Labute approximate surface area is 106 Å². The molecule has 0 radical (unpaired) electrons. The summed E-state index contributed by atoms with van der Waals surface area (Å²) in [4.78, 5) is 5.58. The van der Waals surface area contributed by atoms with Crippen molar-refractivity contribution in [1.29, 1.82) is 0 Å². The lowest BCUT2D eigenvalue weighted by molar-refractivity contribution is -0.0684. The number of aliphatic imine (C=N–C) groups is 1. The van der Waals surface area contributed by atoms with Crippen molar-refractivity contribution < 1.29 is 14.9 Å². The van der Waals surface area contributed by atoms with E-state index >= 15 is 0 Å². The molecule has 1 saturated heterocycles. The zero-order valence-corrected chi connectivity index (χ0v) is 10.5. The van der Waals surface area contributed by atoms with Crippen molar-refractivity contribution >= 4 is 5.84 Å². The van der Waals surface area contributed by atoms with E-state index in [2.05, 4.69) is 11.6 Å². The lowest BCUT2D eigenvalue weighted by atomic mass is 10.0. The van der Waals surface area contributed by atoms with E-state index in [4.69, 9.17) is 10.5 Å². The molecule has 0 spiro atoms. The molecule has 0 saturated carbocycles. The number of amidine groups is 1. The van der Waals surface area contributed by atoms with Crippen LogP contribution in [0.5, 0.6) is 0 Å². The molecular formula is C12H19N3O3. The van der Waals surface area contributed by atoms with E-state index < -0.39 is 24.5 Å². The van der Waals surface area contributed by atoms with Gasteiger partial charge in [0.15, 0.2) is 6.23 Å². The highest BCUT2D eigenvalue weighted by Gasteiger charge is 2.46. The zero-order valence-electron chi connectivity index (χ0n) is 10.5. The van der Waals surface area contributed by atoms with Crippen LogP contribution < -0.4 is 5.73 Å². The number of aliphatic hydroxyl groups is 2. The Balaban J connectivity index is 2.16. The quantitative estimate of drug-likeness (QED) is 0.631. The summed E-state index contributed by atoms with van der Waals surface area (Å²) < 4.78 is 5.70. The topological polar surface area (TPSA) is 91.3 Å². The second-order valence-corrected chi connectivity index (χ2v) is 4.89. The van der Waals surface area contributed by atoms with Crippen LogP contribution >= 0.6 is 0 Å². The molecule has 100 valence electrons. The van der Waals surface area contributed by atoms with Crippen molar-refractivity contribution in [1.82, 2.24) is 4.90 Å². The summed E-state index contributed by atoms with van der Waals surface area (Å²) >= 11 is 0. The molecule has 6 nitrogen and oxygen atoms in total. The fraction of sp³-hybridized carbons (Fsp3) is 0.583. The third kappa shape index (κ3) is 2.14. The van der Waals surface area contributed by atoms with Gasteiger partial charge in [0, 0.05) is 6.20 Å². The monoisotopic (exact) mass is 253 g/mol. The molecule has 0 aliphatic carbocycles. The normalized spacial score (nSPS) is 36.4. The first-order valence-electron chi connectivity index (χ1n) is 5.93. The van der Waals surface area contributed by atoms with Gasteiger partial charge in [-0.1, -0.05) is 20.4 Å². The maximum Gasteiger partial charge on any atom is 0.164 e. The van der Waals surface area contributed by atoms with E-state index in [-0.39, 0.29) is 5.92 Å². The van der Waals surface area contributed by atoms with Gasteiger partial charge in [-0.15, -0.1) is 0 Å². The van der Waals surface area contributed by atoms with E-state index in [9.17, 15) is 10.2 Å². The predicted octanol–water partition coefficient (Wildman–Crippen LogP) is -0.253. The van der Waals surface area contributed by atoms with Crippen molar-refractivity contribution in [2.45, 2.75) is 38.4 Å². The lowest BCUT2D eigenvalue weighted by Crippen LogP contribution is -2.42. The number of rotatable bonds is 2. The maximum atomic E-state index is 10.0. The smallest absolute Gasteiger partial charge is 0.164 e. The Hall–Kier alpha value is -1.37. The van der Waals surface area contributed by atoms with E-state index in [1.54, 1.807) is 17.2 Å². The number of ether oxygens (including phenoxy) is 1. The first-order valence-corrected chi connectivity index (χ1v) is 5.93. The van der Waals surface area contributed by atoms with Crippen molar-refractivity contribution in [2.24, 2.45) is 16.6 Å². The first-order chi connectivity index (χ1) is 8.41. The van der Waals surface area contributed by atoms with Crippen LogP contribution in [-0.2, 0) is 4.74 Å². The number of hydrogen-bond donors (Lipinski definition) is 3. The second kappa shape index (κ2) is 4.72. The Morgan fingerprint density at radius 3 is 2.61 bits per heavy atom. The molecule has 2 rings (SSSR count). The van der Waals surface area contributed by atoms with Crippen LogP contribution in [0.1, 0.15) is 13.8 Å². The summed E-state index contributed by atoms with van der Waals surface area (Å²) in [6.07, 6.45) is 0.226. The van der Waals surface area contributed by atoms with Crippen LogP contribution in [0, 0.1) is 5.92 Å². The first kappa shape index (κ1) is 13.1. The van der Waals surface area contributed by atoms with E-state index in [0.717, 1.165) is 0 Å². The minimum absolute atomic E-state index is 0.107. The SMILES string of the molecule is C=C1N=C(N)C=CN1[C@@H]1O[C@H](C(C)C)[C@H](O)C1O. The second-order valence-electron chi connectivity index (χ2n) is 4.89. The molecular weight excluding hydrogens is 234 g/mol. The lowest BCUT2D eigenvalue weighted by Gasteiger charge is -2.30. The summed E-state index contributed by atoms with van der Waals surface area (Å²) in [6, 6.07) is 0. The summed E-state index contributed by atoms with van der Waals surface area (Å²) in [5.41, 5.74) is 5.55. The Morgan fingerprint density at radius 1 is 1.44 bits per heavy atom. The Bertz CT molecular complexity index is 405. The van der Waals surface area contributed by atoms with E-state index in [0.29, 0.717) is 11.7 Å². The van der Waals surface area contributed by atoms with Gasteiger partial charge in [-0.2, -0.15) is 0 Å². The molecule has 1 fully saturated rings. The van der Waals surface area contributed by atoms with E-state index in [1.165, 1.54) is 0 Å². The molecule has 1 unspecified atom stereocenters. The van der Waals surface area contributed by atoms with Gasteiger partial charge in [0.25, 0.3) is 0 Å². The third-order valence-corrected chi connectivity index (χ3v) is 3.17. The minimum Gasteiger partial charge on any atom is -0.388 e. The molecule has 0 aromatic heterocycles. The molecule has 4 N–H and O–H groups in total. The van der Waals surface area contributed by atoms with Crippen LogP contribution in [0.25, 0.3) is 0 Å². The number of nitrogens with zero attached hydrogens (tertiary/aromatic N) is 2. The molecule has 2 aliphatic rings. The molecule has 0 bridgehead atoms. The van der Waals surface area contributed by atoms with Crippen molar-refractivity contribution in [3.8, 4) is 0 Å². The Kier molecular flexibility index (Phi) is 3.43. The Morgan fingerprint density at radius 2 is 2.11 bits per heavy atom. The van der Waals surface area contributed by atoms with Crippen LogP contribution in [0.2, 0.25) is 0 Å². The van der Waals surface area contributed by atoms with Gasteiger partial charge in [-0.05, 0) is 12.0 Å². The van der Waals surface area contributed by atoms with Gasteiger partial charge in [0.05, 0.1) is 6.10 Å². The average Bonchev–Trinajstić information content (AvgIpc) is 2.57. The van der Waals surface area contributed by atoms with Gasteiger partial charge in [0.1, 0.15) is 23.9 Å². The zero-order chi connectivity index (χ0) is 13.4. The van der Waals surface area contributed by atoms with Crippen molar-refractivity contribution in [2.75, 3.05) is 0 Å². The van der Waals surface area contributed by atoms with Gasteiger partial charge >= 0.3 is 0 Å². The van der Waals surface area contributed by atoms with Crippen LogP contribution in [-0.4, -0.2) is 45.5 Å². The molecule has 0 amide bonds. The molecule has 0 aromatic carbocycles. The molecule has 2 aliphatic heterocycles. The number of hydrogen-bond acceptors (Lipinski definition) is 6. The number of aliphatic hydroxyl groups excluding tert-OH is 2. The molecule has 6 heteroatoms. The fourth-order valence-corrected chi connectivity index (χ4v) is 2.19. The highest BCUT2D eigenvalue weighted by atomic mass is 16.6. The predicted molar refractivity (Wildman–Crippen MR) is 67.3 cm³/mol. The standard InChI is InChI=1S/C12H19N3O3/c1-6(2)11-9(16)10(17)12(18-11)15-5-4-8(13)14-7(15)3/h4-6,9-12,16-17H,3H2,1-2H3,(H2,13,14)/t9-,10?,11-,12-/m1/s1. The van der Waals surface area contributed by atoms with Gasteiger partial charge < -0.3 is 25.6 Å². The molecule has 0 aromatic rings. The van der Waals surface area contributed by atoms with Crippen LogP contribution in [0.3, 0.4) is 0 Å². The third-order valence-electron chi connectivity index (χ3n) is 3.17. The molecule has 4 atom stereocenters. The fourth-order valence-electron chi connectivity index (χ4n) is 2.19. The van der Waals surface area contributed by atoms with Gasteiger partial charge in [0.2, 0.25) is 0 Å². The summed E-state index contributed by atoms with van der Waals surface area (Å²) in [6.45, 7) is 7.62. The highest BCUT2D eigenvalue weighted by Crippen LogP contribution is 2.31. The summed E-state index contributed by atoms with van der Waals surface area (Å²) in [7, 11) is 0. The average molecular weight is 253 g/mol. The van der Waals surface area contributed by atoms with Gasteiger partial charge in [-0.3, -0.25) is 0 Å². The van der Waals surface area contributed by atoms with Crippen molar-refractivity contribution in [3.05, 3.63) is 24.7 Å².